The Morgan fingerprint density at radius 3 is 2.47 bits per heavy atom. The lowest BCUT2D eigenvalue weighted by molar-refractivity contribution is 0.263. The number of ether oxygens (including phenoxy) is 2. The molecule has 0 spiro atoms. The van der Waals surface area contributed by atoms with E-state index in [-0.39, 0.29) is 18.7 Å². The zero-order valence-electron chi connectivity index (χ0n) is 10.4. The molecule has 1 aromatic heterocycles. The van der Waals surface area contributed by atoms with Gasteiger partial charge in [-0.05, 0) is 24.3 Å². The molecule has 1 heterocycles. The van der Waals surface area contributed by atoms with Gasteiger partial charge in [0.05, 0.1) is 20.3 Å². The number of methoxy groups -OCH3 is 1. The Labute approximate surface area is 109 Å². The van der Waals surface area contributed by atoms with Gasteiger partial charge in [0.1, 0.15) is 11.5 Å². The third kappa shape index (κ3) is 3.32. The predicted molar refractivity (Wildman–Crippen MR) is 68.7 cm³/mol. The first-order valence-corrected chi connectivity index (χ1v) is 5.74. The lowest BCUT2D eigenvalue weighted by atomic mass is 10.3. The highest BCUT2D eigenvalue weighted by Gasteiger charge is 2.03. The van der Waals surface area contributed by atoms with E-state index in [9.17, 15) is 4.79 Å². The standard InChI is InChI=1S/C13H14N2O4/c1-18-10-2-4-11(5-3-10)19-12-6-7-13(17)15(14-12)8-9-16/h2-7,16H,8-9H2,1H3. The molecule has 0 saturated heterocycles. The molecule has 0 fully saturated rings. The Balaban J connectivity index is 2.17. The van der Waals surface area contributed by atoms with Crippen LogP contribution in [0.25, 0.3) is 0 Å². The molecule has 0 unspecified atom stereocenters. The first kappa shape index (κ1) is 13.1. The van der Waals surface area contributed by atoms with Crippen LogP contribution < -0.4 is 15.0 Å². The molecule has 6 nitrogen and oxygen atoms in total. The molecule has 0 aliphatic heterocycles. The van der Waals surface area contributed by atoms with Crippen molar-refractivity contribution in [3.63, 3.8) is 0 Å². The van der Waals surface area contributed by atoms with Gasteiger partial charge in [-0.1, -0.05) is 0 Å². The molecule has 100 valence electrons. The molecule has 0 bridgehead atoms. The first-order chi connectivity index (χ1) is 9.22. The van der Waals surface area contributed by atoms with E-state index >= 15 is 0 Å². The van der Waals surface area contributed by atoms with E-state index in [2.05, 4.69) is 5.10 Å². The van der Waals surface area contributed by atoms with Gasteiger partial charge in [0, 0.05) is 12.1 Å². The molecular formula is C13H14N2O4. The summed E-state index contributed by atoms with van der Waals surface area (Å²) in [6.45, 7) is -0.0163. The number of nitrogens with zero attached hydrogens (tertiary/aromatic N) is 2. The van der Waals surface area contributed by atoms with E-state index < -0.39 is 0 Å². The highest BCUT2D eigenvalue weighted by molar-refractivity contribution is 5.33. The molecule has 0 amide bonds. The average molecular weight is 262 g/mol. The van der Waals surface area contributed by atoms with Crippen LogP contribution in [0.15, 0.2) is 41.2 Å². The molecule has 2 rings (SSSR count). The van der Waals surface area contributed by atoms with E-state index in [1.807, 2.05) is 0 Å². The van der Waals surface area contributed by atoms with Crippen molar-refractivity contribution in [3.8, 4) is 17.4 Å². The van der Waals surface area contributed by atoms with Crippen LogP contribution in [0.3, 0.4) is 0 Å². The number of hydrogen-bond acceptors (Lipinski definition) is 5. The Kier molecular flexibility index (Phi) is 4.15. The molecule has 0 aliphatic rings. The molecule has 2 aromatic rings. The monoisotopic (exact) mass is 262 g/mol. The Bertz CT molecular complexity index is 592. The van der Waals surface area contributed by atoms with Crippen molar-refractivity contribution < 1.29 is 14.6 Å². The summed E-state index contributed by atoms with van der Waals surface area (Å²) in [5.41, 5.74) is -0.281. The number of rotatable bonds is 5. The topological polar surface area (TPSA) is 73.6 Å². The van der Waals surface area contributed by atoms with Crippen LogP contribution in [0.1, 0.15) is 0 Å². The SMILES string of the molecule is COc1ccc(Oc2ccc(=O)n(CCO)n2)cc1. The largest absolute Gasteiger partial charge is 0.497 e. The summed E-state index contributed by atoms with van der Waals surface area (Å²) in [6.07, 6.45) is 0. The van der Waals surface area contributed by atoms with E-state index in [0.717, 1.165) is 10.4 Å². The van der Waals surface area contributed by atoms with Crippen molar-refractivity contribution in [2.45, 2.75) is 6.54 Å². The number of aliphatic hydroxyl groups excluding tert-OH is 1. The van der Waals surface area contributed by atoms with Crippen molar-refractivity contribution in [2.24, 2.45) is 0 Å². The van der Waals surface area contributed by atoms with Gasteiger partial charge in [-0.25, -0.2) is 4.68 Å². The van der Waals surface area contributed by atoms with Crippen LogP contribution in [-0.4, -0.2) is 28.6 Å². The van der Waals surface area contributed by atoms with E-state index in [1.165, 1.54) is 12.1 Å². The molecule has 1 aromatic carbocycles. The zero-order valence-corrected chi connectivity index (χ0v) is 10.4. The summed E-state index contributed by atoms with van der Waals surface area (Å²) in [6, 6.07) is 9.84. The summed E-state index contributed by atoms with van der Waals surface area (Å²) in [5, 5.41) is 12.8. The number of benzene rings is 1. The van der Waals surface area contributed by atoms with E-state index in [4.69, 9.17) is 14.6 Å². The van der Waals surface area contributed by atoms with Crippen molar-refractivity contribution in [3.05, 3.63) is 46.8 Å². The fourth-order valence-corrected chi connectivity index (χ4v) is 1.50. The van der Waals surface area contributed by atoms with Crippen LogP contribution >= 0.6 is 0 Å². The third-order valence-electron chi connectivity index (χ3n) is 2.44. The molecule has 6 heteroatoms. The summed E-state index contributed by atoms with van der Waals surface area (Å²) in [5.74, 6) is 1.60. The maximum atomic E-state index is 11.4. The minimum absolute atomic E-state index is 0.138. The zero-order chi connectivity index (χ0) is 13.7. The first-order valence-electron chi connectivity index (χ1n) is 5.74. The maximum Gasteiger partial charge on any atom is 0.267 e. The Morgan fingerprint density at radius 2 is 1.84 bits per heavy atom. The Hall–Kier alpha value is -2.34. The second kappa shape index (κ2) is 6.01. The second-order valence-corrected chi connectivity index (χ2v) is 3.73. The van der Waals surface area contributed by atoms with Crippen LogP contribution in [0.2, 0.25) is 0 Å². The van der Waals surface area contributed by atoms with Gasteiger partial charge in [0.25, 0.3) is 5.56 Å². The van der Waals surface area contributed by atoms with Gasteiger partial charge in [0.15, 0.2) is 0 Å². The second-order valence-electron chi connectivity index (χ2n) is 3.73. The van der Waals surface area contributed by atoms with Crippen LogP contribution in [0.5, 0.6) is 17.4 Å². The van der Waals surface area contributed by atoms with Gasteiger partial charge >= 0.3 is 0 Å². The summed E-state index contributed by atoms with van der Waals surface area (Å²) >= 11 is 0. The minimum atomic E-state index is -0.281. The van der Waals surface area contributed by atoms with Gasteiger partial charge < -0.3 is 14.6 Å². The van der Waals surface area contributed by atoms with Gasteiger partial charge in [-0.3, -0.25) is 4.79 Å². The van der Waals surface area contributed by atoms with Crippen molar-refractivity contribution in [2.75, 3.05) is 13.7 Å². The fraction of sp³-hybridized carbons (Fsp3) is 0.231. The molecule has 0 saturated carbocycles. The molecular weight excluding hydrogens is 248 g/mol. The highest BCUT2D eigenvalue weighted by atomic mass is 16.5. The van der Waals surface area contributed by atoms with E-state index in [0.29, 0.717) is 11.6 Å². The van der Waals surface area contributed by atoms with Crippen molar-refractivity contribution >= 4 is 0 Å². The van der Waals surface area contributed by atoms with Gasteiger partial charge in [-0.2, -0.15) is 0 Å². The maximum absolute atomic E-state index is 11.4. The summed E-state index contributed by atoms with van der Waals surface area (Å²) in [7, 11) is 1.59. The lowest BCUT2D eigenvalue weighted by Gasteiger charge is -2.07. The summed E-state index contributed by atoms with van der Waals surface area (Å²) < 4.78 is 11.7. The minimum Gasteiger partial charge on any atom is -0.497 e. The van der Waals surface area contributed by atoms with Crippen LogP contribution in [0, 0.1) is 0 Å². The average Bonchev–Trinajstić information content (AvgIpc) is 2.44. The predicted octanol–water partition coefficient (Wildman–Crippen LogP) is 1.04. The summed E-state index contributed by atoms with van der Waals surface area (Å²) in [4.78, 5) is 11.4. The molecule has 19 heavy (non-hydrogen) atoms. The molecule has 1 N–H and O–H groups in total. The number of hydrogen-bond donors (Lipinski definition) is 1. The fourth-order valence-electron chi connectivity index (χ4n) is 1.50. The van der Waals surface area contributed by atoms with Crippen LogP contribution in [0.4, 0.5) is 0 Å². The van der Waals surface area contributed by atoms with Crippen molar-refractivity contribution in [1.82, 2.24) is 9.78 Å². The lowest BCUT2D eigenvalue weighted by Crippen LogP contribution is -2.23. The molecule has 0 atom stereocenters. The van der Waals surface area contributed by atoms with Gasteiger partial charge in [0.2, 0.25) is 5.88 Å². The highest BCUT2D eigenvalue weighted by Crippen LogP contribution is 2.21. The van der Waals surface area contributed by atoms with Crippen molar-refractivity contribution in [1.29, 1.82) is 0 Å². The normalized spacial score (nSPS) is 10.2. The third-order valence-corrected chi connectivity index (χ3v) is 2.44. The Morgan fingerprint density at radius 1 is 1.16 bits per heavy atom. The number of aliphatic hydroxyl groups is 1. The van der Waals surface area contributed by atoms with Crippen LogP contribution in [-0.2, 0) is 6.54 Å². The molecule has 0 radical (unpaired) electrons. The van der Waals surface area contributed by atoms with Gasteiger partial charge in [-0.15, -0.1) is 5.10 Å². The van der Waals surface area contributed by atoms with E-state index in [1.54, 1.807) is 31.4 Å². The number of aromatic nitrogens is 2. The quantitative estimate of drug-likeness (QED) is 0.871. The molecule has 0 aliphatic carbocycles. The smallest absolute Gasteiger partial charge is 0.267 e.